The van der Waals surface area contributed by atoms with Gasteiger partial charge in [-0.25, -0.2) is 9.99 Å². The van der Waals surface area contributed by atoms with Gasteiger partial charge in [0.2, 0.25) is 6.41 Å². The Labute approximate surface area is 185 Å². The number of benzene rings is 2. The van der Waals surface area contributed by atoms with Crippen LogP contribution < -0.4 is 15.2 Å². The first-order chi connectivity index (χ1) is 15.8. The number of anilines is 2. The van der Waals surface area contributed by atoms with Gasteiger partial charge in [0.25, 0.3) is 0 Å². The molecule has 4 aromatic rings. The molecule has 4 rings (SSSR count). The van der Waals surface area contributed by atoms with E-state index in [1.165, 1.54) is 24.4 Å². The first-order valence-electron chi connectivity index (χ1n) is 9.46. The number of rotatable bonds is 6. The quantitative estimate of drug-likeness (QED) is 0.338. The van der Waals surface area contributed by atoms with Crippen LogP contribution in [-0.2, 0) is 18.0 Å². The van der Waals surface area contributed by atoms with Crippen molar-refractivity contribution in [2.75, 3.05) is 10.4 Å². The van der Waals surface area contributed by atoms with Crippen molar-refractivity contribution in [3.05, 3.63) is 72.2 Å². The number of nitriles is 1. The van der Waals surface area contributed by atoms with Crippen LogP contribution in [0, 0.1) is 11.3 Å². The van der Waals surface area contributed by atoms with E-state index in [0.717, 1.165) is 28.0 Å². The van der Waals surface area contributed by atoms with Crippen molar-refractivity contribution >= 4 is 28.7 Å². The van der Waals surface area contributed by atoms with E-state index in [1.54, 1.807) is 36.1 Å². The molecular formula is C22H15F3N6O2. The number of nitrogens with zero attached hydrogens (tertiary/aromatic N) is 5. The molecule has 166 valence electrons. The molecule has 0 spiro atoms. The largest absolute Gasteiger partial charge is 0.457 e. The minimum Gasteiger partial charge on any atom is -0.457 e. The third kappa shape index (κ3) is 4.54. The number of hydrazine groups is 1. The lowest BCUT2D eigenvalue weighted by atomic mass is 10.1. The number of amides is 1. The molecular weight excluding hydrogens is 437 g/mol. The Bertz CT molecular complexity index is 1380. The fourth-order valence-corrected chi connectivity index (χ4v) is 3.17. The molecule has 0 fully saturated rings. The van der Waals surface area contributed by atoms with E-state index < -0.39 is 11.7 Å². The summed E-state index contributed by atoms with van der Waals surface area (Å²) in [5.41, 5.74) is 2.33. The average Bonchev–Trinajstić information content (AvgIpc) is 3.17. The highest BCUT2D eigenvalue weighted by molar-refractivity contribution is 5.88. The van der Waals surface area contributed by atoms with Crippen LogP contribution in [-0.4, -0.2) is 21.2 Å². The molecule has 0 saturated carbocycles. The molecule has 33 heavy (non-hydrogen) atoms. The van der Waals surface area contributed by atoms with Crippen LogP contribution in [0.5, 0.6) is 11.5 Å². The van der Waals surface area contributed by atoms with Crippen LogP contribution >= 0.6 is 0 Å². The molecule has 2 heterocycles. The van der Waals surface area contributed by atoms with E-state index in [1.807, 2.05) is 6.07 Å². The van der Waals surface area contributed by atoms with Crippen molar-refractivity contribution in [1.82, 2.24) is 14.8 Å². The van der Waals surface area contributed by atoms with Gasteiger partial charge in [-0.3, -0.25) is 14.9 Å². The summed E-state index contributed by atoms with van der Waals surface area (Å²) in [4.78, 5) is 15.5. The van der Waals surface area contributed by atoms with Crippen molar-refractivity contribution < 1.29 is 22.7 Å². The number of alkyl halides is 3. The minimum absolute atomic E-state index is 0.0639. The van der Waals surface area contributed by atoms with Gasteiger partial charge in [-0.1, -0.05) is 0 Å². The molecule has 0 aliphatic rings. The number of nitrogens with one attached hydrogen (secondary N) is 1. The zero-order chi connectivity index (χ0) is 23.6. The van der Waals surface area contributed by atoms with Crippen LogP contribution in [0.3, 0.4) is 0 Å². The van der Waals surface area contributed by atoms with Gasteiger partial charge in [0, 0.05) is 24.7 Å². The fourth-order valence-electron chi connectivity index (χ4n) is 3.17. The second kappa shape index (κ2) is 8.51. The van der Waals surface area contributed by atoms with Crippen LogP contribution in [0.25, 0.3) is 10.9 Å². The highest BCUT2D eigenvalue weighted by Crippen LogP contribution is 2.38. The predicted octanol–water partition coefficient (Wildman–Crippen LogP) is 4.64. The van der Waals surface area contributed by atoms with Crippen LogP contribution in [0.4, 0.5) is 24.5 Å². The van der Waals surface area contributed by atoms with E-state index in [9.17, 15) is 18.0 Å². The molecule has 1 N–H and O–H groups in total. The number of fused-ring (bicyclic) bond motifs is 1. The van der Waals surface area contributed by atoms with Gasteiger partial charge in [0.15, 0.2) is 0 Å². The summed E-state index contributed by atoms with van der Waals surface area (Å²) >= 11 is 0. The molecule has 0 aliphatic heterocycles. The molecule has 0 bridgehead atoms. The number of ether oxygens (including phenoxy) is 1. The zero-order valence-electron chi connectivity index (χ0n) is 17.0. The van der Waals surface area contributed by atoms with Crippen molar-refractivity contribution in [1.29, 1.82) is 5.26 Å². The maximum Gasteiger partial charge on any atom is 0.418 e. The zero-order valence-corrected chi connectivity index (χ0v) is 17.0. The van der Waals surface area contributed by atoms with Gasteiger partial charge in [-0.2, -0.15) is 23.5 Å². The monoisotopic (exact) mass is 452 g/mol. The number of hydrogen-bond donors (Lipinski definition) is 1. The molecule has 2 aromatic heterocycles. The lowest BCUT2D eigenvalue weighted by Gasteiger charge is -2.23. The Balaban J connectivity index is 1.65. The molecule has 11 heteroatoms. The lowest BCUT2D eigenvalue weighted by Crippen LogP contribution is -2.29. The summed E-state index contributed by atoms with van der Waals surface area (Å²) in [6, 6.07) is 12.8. The predicted molar refractivity (Wildman–Crippen MR) is 113 cm³/mol. The normalized spacial score (nSPS) is 11.1. The molecule has 2 aromatic carbocycles. The van der Waals surface area contributed by atoms with Crippen LogP contribution in [0.2, 0.25) is 0 Å². The summed E-state index contributed by atoms with van der Waals surface area (Å²) < 4.78 is 48.5. The van der Waals surface area contributed by atoms with Gasteiger partial charge in [0.05, 0.1) is 28.7 Å². The van der Waals surface area contributed by atoms with Crippen LogP contribution in [0.1, 0.15) is 11.3 Å². The number of carbonyl (C=O) groups is 1. The molecule has 0 saturated heterocycles. The Hall–Kier alpha value is -4.59. The molecule has 0 aliphatic carbocycles. The Kier molecular flexibility index (Phi) is 5.58. The number of pyridine rings is 1. The van der Waals surface area contributed by atoms with Gasteiger partial charge in [-0.15, -0.1) is 0 Å². The van der Waals surface area contributed by atoms with E-state index in [-0.39, 0.29) is 22.9 Å². The average molecular weight is 452 g/mol. The van der Waals surface area contributed by atoms with Crippen molar-refractivity contribution in [3.63, 3.8) is 0 Å². The Morgan fingerprint density at radius 3 is 2.67 bits per heavy atom. The summed E-state index contributed by atoms with van der Waals surface area (Å²) in [6.45, 7) is 0. The summed E-state index contributed by atoms with van der Waals surface area (Å²) in [7, 11) is 1.75. The van der Waals surface area contributed by atoms with Gasteiger partial charge >= 0.3 is 6.18 Å². The van der Waals surface area contributed by atoms with E-state index >= 15 is 0 Å². The number of aromatic nitrogens is 3. The standard InChI is InChI=1S/C22H15F3N6O2/c1-30-21-5-2-16(8-14(21)12-28-30)31(13-32)29-20-4-3-17(10-19(20)22(23,24)25)33-18-6-7-27-15(9-18)11-26/h2-10,12-13,29H,1H3. The molecule has 8 nitrogen and oxygen atoms in total. The third-order valence-corrected chi connectivity index (χ3v) is 4.73. The molecule has 0 atom stereocenters. The van der Waals surface area contributed by atoms with Gasteiger partial charge < -0.3 is 4.74 Å². The van der Waals surface area contributed by atoms with Gasteiger partial charge in [-0.05, 0) is 42.5 Å². The number of hydrogen-bond acceptors (Lipinski definition) is 6. The smallest absolute Gasteiger partial charge is 0.418 e. The van der Waals surface area contributed by atoms with Crippen molar-refractivity contribution in [2.24, 2.45) is 7.05 Å². The summed E-state index contributed by atoms with van der Waals surface area (Å²) in [5.74, 6) is 0.0621. The van der Waals surface area contributed by atoms with E-state index in [2.05, 4.69) is 15.5 Å². The van der Waals surface area contributed by atoms with E-state index in [4.69, 9.17) is 10.00 Å². The van der Waals surface area contributed by atoms with Crippen molar-refractivity contribution in [3.8, 4) is 17.6 Å². The SMILES string of the molecule is Cn1ncc2cc(N(C=O)Nc3ccc(Oc4ccnc(C#N)c4)cc3C(F)(F)F)ccc21. The number of carbonyl (C=O) groups excluding carboxylic acids is 1. The second-order valence-electron chi connectivity index (χ2n) is 6.89. The topological polar surface area (TPSA) is 96.1 Å². The summed E-state index contributed by atoms with van der Waals surface area (Å²) in [6.07, 6.45) is -1.45. The highest BCUT2D eigenvalue weighted by atomic mass is 19.4. The maximum absolute atomic E-state index is 13.8. The fraction of sp³-hybridized carbons (Fsp3) is 0.0909. The maximum atomic E-state index is 13.8. The second-order valence-corrected chi connectivity index (χ2v) is 6.89. The third-order valence-electron chi connectivity index (χ3n) is 4.73. The Morgan fingerprint density at radius 2 is 1.94 bits per heavy atom. The summed E-state index contributed by atoms with van der Waals surface area (Å²) in [5, 5.41) is 14.7. The van der Waals surface area contributed by atoms with E-state index in [0.29, 0.717) is 12.1 Å². The van der Waals surface area contributed by atoms with Crippen molar-refractivity contribution in [2.45, 2.75) is 6.18 Å². The highest BCUT2D eigenvalue weighted by Gasteiger charge is 2.34. The number of halogens is 3. The number of aryl methyl sites for hydroxylation is 1. The van der Waals surface area contributed by atoms with Gasteiger partial charge in [0.1, 0.15) is 23.3 Å². The molecule has 1 amide bonds. The van der Waals surface area contributed by atoms with Crippen LogP contribution in [0.15, 0.2) is 60.9 Å². The minimum atomic E-state index is -4.74. The molecule has 0 unspecified atom stereocenters. The first kappa shape index (κ1) is 21.6. The lowest BCUT2D eigenvalue weighted by molar-refractivity contribution is -0.137. The first-order valence-corrected chi connectivity index (χ1v) is 9.46. The molecule has 0 radical (unpaired) electrons. The Morgan fingerprint density at radius 1 is 1.15 bits per heavy atom.